The largest absolute Gasteiger partial charge is 0.269 e. The molecule has 0 spiro atoms. The number of fused-ring (bicyclic) bond motifs is 3. The van der Waals surface area contributed by atoms with Gasteiger partial charge in [-0.15, -0.1) is 0 Å². The van der Waals surface area contributed by atoms with Crippen molar-refractivity contribution in [3.05, 3.63) is 96.1 Å². The molecular formula is C19H18F2. The van der Waals surface area contributed by atoms with Crippen LogP contribution in [0.4, 0.5) is 9.41 Å². The molecule has 108 valence electrons. The summed E-state index contributed by atoms with van der Waals surface area (Å²) in [7, 11) is 0. The minimum Gasteiger partial charge on any atom is -0.269 e. The smallest absolute Gasteiger partial charge is 0.00135 e. The molecule has 1 aliphatic rings. The second kappa shape index (κ2) is 7.95. The van der Waals surface area contributed by atoms with E-state index in [2.05, 4.69) is 48.5 Å². The third kappa shape index (κ3) is 3.76. The van der Waals surface area contributed by atoms with Gasteiger partial charge in [-0.05, 0) is 28.7 Å². The summed E-state index contributed by atoms with van der Waals surface area (Å²) in [6, 6.07) is 29.3. The standard InChI is InChI=1S/C13H10.C6H6.2FH/c1-3-7-12-10(5-1)9-11-6-2-4-8-13(11)12;1-2-4-6-5-3-1;;/h1-8H,9H2;1-6H;2*1H. The third-order valence-corrected chi connectivity index (χ3v) is 3.37. The van der Waals surface area contributed by atoms with Crippen LogP contribution in [0.5, 0.6) is 0 Å². The fourth-order valence-corrected chi connectivity index (χ4v) is 2.46. The molecule has 0 atom stereocenters. The third-order valence-electron chi connectivity index (χ3n) is 3.37. The quantitative estimate of drug-likeness (QED) is 0.414. The average molecular weight is 284 g/mol. The van der Waals surface area contributed by atoms with Crippen LogP contribution in [0.3, 0.4) is 0 Å². The molecule has 21 heavy (non-hydrogen) atoms. The monoisotopic (exact) mass is 284 g/mol. The van der Waals surface area contributed by atoms with E-state index in [1.54, 1.807) is 0 Å². The fraction of sp³-hybridized carbons (Fsp3) is 0.0526. The molecule has 0 bridgehead atoms. The number of rotatable bonds is 0. The van der Waals surface area contributed by atoms with Gasteiger partial charge in [0.05, 0.1) is 0 Å². The van der Waals surface area contributed by atoms with Crippen molar-refractivity contribution in [2.45, 2.75) is 6.42 Å². The molecule has 0 nitrogen and oxygen atoms in total. The molecule has 1 aliphatic carbocycles. The first-order valence-electron chi connectivity index (χ1n) is 6.61. The van der Waals surface area contributed by atoms with Gasteiger partial charge in [0.25, 0.3) is 0 Å². The first-order chi connectivity index (χ1) is 9.45. The molecule has 3 aromatic carbocycles. The van der Waals surface area contributed by atoms with Gasteiger partial charge in [-0.25, -0.2) is 0 Å². The first kappa shape index (κ1) is 16.6. The summed E-state index contributed by atoms with van der Waals surface area (Å²) in [5, 5.41) is 0. The molecule has 0 heterocycles. The Hall–Kier alpha value is -2.48. The molecule has 2 heteroatoms. The van der Waals surface area contributed by atoms with E-state index >= 15 is 0 Å². The highest BCUT2D eigenvalue weighted by Crippen LogP contribution is 2.35. The summed E-state index contributed by atoms with van der Waals surface area (Å²) in [4.78, 5) is 0. The molecule has 3 aromatic rings. The Balaban J connectivity index is 0.000000239. The second-order valence-electron chi connectivity index (χ2n) is 4.65. The lowest BCUT2D eigenvalue weighted by molar-refractivity contribution is 1.11. The van der Waals surface area contributed by atoms with Crippen molar-refractivity contribution in [3.8, 4) is 11.1 Å². The normalized spacial score (nSPS) is 9.90. The van der Waals surface area contributed by atoms with Gasteiger partial charge in [0.1, 0.15) is 0 Å². The number of halogens is 2. The molecule has 4 rings (SSSR count). The fourth-order valence-electron chi connectivity index (χ4n) is 2.46. The molecule has 0 unspecified atom stereocenters. The Morgan fingerprint density at radius 3 is 1.14 bits per heavy atom. The molecule has 0 saturated heterocycles. The maximum atomic E-state index is 2.22. The number of hydrogen-bond donors (Lipinski definition) is 0. The SMILES string of the molecule is F.F.c1ccc2c(c1)Cc1ccccc1-2.c1ccccc1. The maximum Gasteiger partial charge on any atom is -0.00135 e. The van der Waals surface area contributed by atoms with Crippen LogP contribution < -0.4 is 0 Å². The van der Waals surface area contributed by atoms with Gasteiger partial charge in [0, 0.05) is 0 Å². The van der Waals surface area contributed by atoms with Crippen LogP contribution in [-0.2, 0) is 6.42 Å². The van der Waals surface area contributed by atoms with Gasteiger partial charge in [-0.1, -0.05) is 84.9 Å². The van der Waals surface area contributed by atoms with Crippen molar-refractivity contribution < 1.29 is 9.41 Å². The average Bonchev–Trinajstić information content (AvgIpc) is 2.88. The zero-order valence-electron chi connectivity index (χ0n) is 11.6. The van der Waals surface area contributed by atoms with Crippen molar-refractivity contribution in [3.63, 3.8) is 0 Å². The summed E-state index contributed by atoms with van der Waals surface area (Å²) in [5.74, 6) is 0. The lowest BCUT2D eigenvalue weighted by Gasteiger charge is -1.98. The van der Waals surface area contributed by atoms with E-state index in [0.717, 1.165) is 6.42 Å². The van der Waals surface area contributed by atoms with E-state index < -0.39 is 0 Å². The molecule has 0 aromatic heterocycles. The van der Waals surface area contributed by atoms with Gasteiger partial charge < -0.3 is 0 Å². The van der Waals surface area contributed by atoms with E-state index in [9.17, 15) is 0 Å². The summed E-state index contributed by atoms with van der Waals surface area (Å²) in [5.41, 5.74) is 5.75. The molecule has 0 aliphatic heterocycles. The summed E-state index contributed by atoms with van der Waals surface area (Å²) < 4.78 is 0. The number of benzene rings is 3. The molecular weight excluding hydrogens is 266 g/mol. The molecule has 0 radical (unpaired) electrons. The Kier molecular flexibility index (Phi) is 6.28. The minimum absolute atomic E-state index is 0. The van der Waals surface area contributed by atoms with Crippen LogP contribution >= 0.6 is 0 Å². The highest BCUT2D eigenvalue weighted by Gasteiger charge is 2.15. The second-order valence-corrected chi connectivity index (χ2v) is 4.65. The lowest BCUT2D eigenvalue weighted by Crippen LogP contribution is -1.77. The van der Waals surface area contributed by atoms with Gasteiger partial charge in [0.2, 0.25) is 0 Å². The van der Waals surface area contributed by atoms with Crippen molar-refractivity contribution in [1.82, 2.24) is 0 Å². The first-order valence-corrected chi connectivity index (χ1v) is 6.61. The van der Waals surface area contributed by atoms with Crippen molar-refractivity contribution >= 4 is 0 Å². The molecule has 0 amide bonds. The Morgan fingerprint density at radius 2 is 0.762 bits per heavy atom. The van der Waals surface area contributed by atoms with Crippen LogP contribution in [0.2, 0.25) is 0 Å². The van der Waals surface area contributed by atoms with Crippen LogP contribution in [0, 0.1) is 0 Å². The number of hydrogen-bond acceptors (Lipinski definition) is 0. The minimum atomic E-state index is 0. The highest BCUT2D eigenvalue weighted by molar-refractivity contribution is 5.76. The van der Waals surface area contributed by atoms with Crippen molar-refractivity contribution in [2.24, 2.45) is 0 Å². The van der Waals surface area contributed by atoms with Crippen molar-refractivity contribution in [2.75, 3.05) is 0 Å². The van der Waals surface area contributed by atoms with Crippen LogP contribution in [0.1, 0.15) is 11.1 Å². The Morgan fingerprint density at radius 1 is 0.429 bits per heavy atom. The van der Waals surface area contributed by atoms with E-state index in [-0.39, 0.29) is 9.41 Å². The van der Waals surface area contributed by atoms with Gasteiger partial charge in [-0.2, -0.15) is 0 Å². The highest BCUT2D eigenvalue weighted by atomic mass is 19.0. The van der Waals surface area contributed by atoms with E-state index in [1.807, 2.05) is 36.4 Å². The van der Waals surface area contributed by atoms with Crippen molar-refractivity contribution in [1.29, 1.82) is 0 Å². The predicted molar refractivity (Wildman–Crippen MR) is 86.1 cm³/mol. The van der Waals surface area contributed by atoms with E-state index in [1.165, 1.54) is 22.3 Å². The lowest BCUT2D eigenvalue weighted by atomic mass is 10.1. The van der Waals surface area contributed by atoms with Crippen LogP contribution in [0.15, 0.2) is 84.9 Å². The van der Waals surface area contributed by atoms with Crippen LogP contribution in [0.25, 0.3) is 11.1 Å². The van der Waals surface area contributed by atoms with Gasteiger partial charge in [0.15, 0.2) is 0 Å². The van der Waals surface area contributed by atoms with Gasteiger partial charge >= 0.3 is 0 Å². The predicted octanol–water partition coefficient (Wildman–Crippen LogP) is 5.25. The summed E-state index contributed by atoms with van der Waals surface area (Å²) >= 11 is 0. The summed E-state index contributed by atoms with van der Waals surface area (Å²) in [6.45, 7) is 0. The topological polar surface area (TPSA) is 0 Å². The summed E-state index contributed by atoms with van der Waals surface area (Å²) in [6.07, 6.45) is 1.10. The zero-order chi connectivity index (χ0) is 12.9. The van der Waals surface area contributed by atoms with E-state index in [0.29, 0.717) is 0 Å². The Bertz CT molecular complexity index is 593. The van der Waals surface area contributed by atoms with E-state index in [4.69, 9.17) is 0 Å². The molecule has 0 saturated carbocycles. The molecule has 0 fully saturated rings. The Labute approximate surface area is 123 Å². The molecule has 0 N–H and O–H groups in total. The van der Waals surface area contributed by atoms with Crippen LogP contribution in [-0.4, -0.2) is 0 Å². The van der Waals surface area contributed by atoms with Gasteiger partial charge in [-0.3, -0.25) is 9.41 Å². The zero-order valence-corrected chi connectivity index (χ0v) is 11.6. The maximum absolute atomic E-state index is 2.22.